The molecule has 5 heteroatoms. The standard InChI is InChI=1S/C16H20BrNO3/c1-10(2)9-13(14(19)20)18-15(21)16(7-8-16)11-3-5-12(17)6-4-11/h3-6,10,13H,7-9H2,1-2H3,(H,18,21)(H,19,20). The predicted octanol–water partition coefficient (Wildman–Crippen LogP) is 3.10. The summed E-state index contributed by atoms with van der Waals surface area (Å²) in [5.74, 6) is -0.921. The number of amides is 1. The lowest BCUT2D eigenvalue weighted by molar-refractivity contribution is -0.142. The van der Waals surface area contributed by atoms with Crippen LogP contribution in [0.5, 0.6) is 0 Å². The molecule has 1 aromatic rings. The first-order valence-corrected chi connectivity index (χ1v) is 7.94. The SMILES string of the molecule is CC(C)CC(NC(=O)C1(c2ccc(Br)cc2)CC1)C(=O)O. The Bertz CT molecular complexity index is 535. The van der Waals surface area contributed by atoms with Crippen molar-refractivity contribution in [3.8, 4) is 0 Å². The normalized spacial score (nSPS) is 17.3. The van der Waals surface area contributed by atoms with E-state index in [0.717, 1.165) is 22.9 Å². The van der Waals surface area contributed by atoms with E-state index in [1.165, 1.54) is 0 Å². The summed E-state index contributed by atoms with van der Waals surface area (Å²) in [5, 5.41) is 12.0. The molecule has 1 aliphatic rings. The molecular formula is C16H20BrNO3. The highest BCUT2D eigenvalue weighted by molar-refractivity contribution is 9.10. The maximum Gasteiger partial charge on any atom is 0.326 e. The highest BCUT2D eigenvalue weighted by atomic mass is 79.9. The van der Waals surface area contributed by atoms with Crippen LogP contribution in [0.25, 0.3) is 0 Å². The Hall–Kier alpha value is -1.36. The van der Waals surface area contributed by atoms with Crippen molar-refractivity contribution in [3.63, 3.8) is 0 Å². The van der Waals surface area contributed by atoms with Gasteiger partial charge in [0.15, 0.2) is 0 Å². The van der Waals surface area contributed by atoms with Gasteiger partial charge >= 0.3 is 5.97 Å². The molecule has 0 saturated heterocycles. The van der Waals surface area contributed by atoms with Gasteiger partial charge in [0, 0.05) is 4.47 Å². The maximum atomic E-state index is 12.5. The van der Waals surface area contributed by atoms with Gasteiger partial charge in [-0.05, 0) is 42.9 Å². The van der Waals surface area contributed by atoms with Crippen LogP contribution in [0.2, 0.25) is 0 Å². The fourth-order valence-corrected chi connectivity index (χ4v) is 2.79. The predicted molar refractivity (Wildman–Crippen MR) is 84.1 cm³/mol. The zero-order valence-electron chi connectivity index (χ0n) is 12.2. The van der Waals surface area contributed by atoms with Crippen molar-refractivity contribution in [1.29, 1.82) is 0 Å². The summed E-state index contributed by atoms with van der Waals surface area (Å²) in [4.78, 5) is 23.8. The summed E-state index contributed by atoms with van der Waals surface area (Å²) >= 11 is 3.38. The number of nitrogens with one attached hydrogen (secondary N) is 1. The van der Waals surface area contributed by atoms with Crippen LogP contribution in [0.4, 0.5) is 0 Å². The van der Waals surface area contributed by atoms with Crippen LogP contribution < -0.4 is 5.32 Å². The smallest absolute Gasteiger partial charge is 0.326 e. The minimum absolute atomic E-state index is 0.169. The van der Waals surface area contributed by atoms with Gasteiger partial charge in [0.05, 0.1) is 5.41 Å². The fraction of sp³-hybridized carbons (Fsp3) is 0.500. The molecule has 1 aromatic carbocycles. The van der Waals surface area contributed by atoms with Gasteiger partial charge in [0.25, 0.3) is 0 Å². The molecule has 2 rings (SSSR count). The molecule has 1 amide bonds. The summed E-state index contributed by atoms with van der Waals surface area (Å²) in [5.41, 5.74) is 0.419. The second-order valence-corrected chi connectivity index (χ2v) is 7.00. The first-order chi connectivity index (χ1) is 9.85. The van der Waals surface area contributed by atoms with Crippen LogP contribution >= 0.6 is 15.9 Å². The molecule has 2 N–H and O–H groups in total. The van der Waals surface area contributed by atoms with Crippen LogP contribution in [0.1, 0.15) is 38.7 Å². The molecular weight excluding hydrogens is 334 g/mol. The quantitative estimate of drug-likeness (QED) is 0.825. The number of halogens is 1. The lowest BCUT2D eigenvalue weighted by Crippen LogP contribution is -2.46. The Morgan fingerprint density at radius 3 is 2.29 bits per heavy atom. The molecule has 0 spiro atoms. The largest absolute Gasteiger partial charge is 0.480 e. The number of carboxylic acid groups (broad SMARTS) is 1. The molecule has 1 saturated carbocycles. The second kappa shape index (κ2) is 6.18. The Morgan fingerprint density at radius 1 is 1.29 bits per heavy atom. The van der Waals surface area contributed by atoms with Crippen molar-refractivity contribution in [2.45, 2.75) is 44.6 Å². The van der Waals surface area contributed by atoms with E-state index < -0.39 is 17.4 Å². The van der Waals surface area contributed by atoms with Crippen molar-refractivity contribution in [2.75, 3.05) is 0 Å². The van der Waals surface area contributed by atoms with Crippen molar-refractivity contribution in [3.05, 3.63) is 34.3 Å². The summed E-state index contributed by atoms with van der Waals surface area (Å²) < 4.78 is 0.964. The lowest BCUT2D eigenvalue weighted by Gasteiger charge is -2.21. The number of hydrogen-bond donors (Lipinski definition) is 2. The topological polar surface area (TPSA) is 66.4 Å². The van der Waals surface area contributed by atoms with E-state index in [0.29, 0.717) is 6.42 Å². The highest BCUT2D eigenvalue weighted by Crippen LogP contribution is 2.48. The zero-order valence-corrected chi connectivity index (χ0v) is 13.8. The number of benzene rings is 1. The molecule has 1 fully saturated rings. The second-order valence-electron chi connectivity index (χ2n) is 6.08. The molecule has 0 radical (unpaired) electrons. The molecule has 4 nitrogen and oxygen atoms in total. The van der Waals surface area contributed by atoms with Crippen LogP contribution in [-0.4, -0.2) is 23.0 Å². The van der Waals surface area contributed by atoms with Crippen LogP contribution in [-0.2, 0) is 15.0 Å². The molecule has 1 unspecified atom stereocenters. The van der Waals surface area contributed by atoms with Gasteiger partial charge in [0.2, 0.25) is 5.91 Å². The van der Waals surface area contributed by atoms with E-state index in [4.69, 9.17) is 0 Å². The molecule has 21 heavy (non-hydrogen) atoms. The zero-order chi connectivity index (χ0) is 15.6. The average molecular weight is 354 g/mol. The Kier molecular flexibility index (Phi) is 4.71. The van der Waals surface area contributed by atoms with Gasteiger partial charge in [-0.25, -0.2) is 4.79 Å². The van der Waals surface area contributed by atoms with Gasteiger partial charge in [-0.3, -0.25) is 4.79 Å². The van der Waals surface area contributed by atoms with E-state index in [9.17, 15) is 14.7 Å². The lowest BCUT2D eigenvalue weighted by atomic mass is 9.94. The van der Waals surface area contributed by atoms with E-state index in [-0.39, 0.29) is 11.8 Å². The van der Waals surface area contributed by atoms with E-state index in [2.05, 4.69) is 21.2 Å². The van der Waals surface area contributed by atoms with Crippen LogP contribution in [0.3, 0.4) is 0 Å². The van der Waals surface area contributed by atoms with Gasteiger partial charge in [0.1, 0.15) is 6.04 Å². The van der Waals surface area contributed by atoms with Crippen LogP contribution in [0, 0.1) is 5.92 Å². The van der Waals surface area contributed by atoms with Gasteiger partial charge in [-0.15, -0.1) is 0 Å². The molecule has 0 heterocycles. The number of rotatable bonds is 6. The number of carbonyl (C=O) groups is 2. The molecule has 0 bridgehead atoms. The van der Waals surface area contributed by atoms with Crippen molar-refractivity contribution in [2.24, 2.45) is 5.92 Å². The van der Waals surface area contributed by atoms with Crippen molar-refractivity contribution in [1.82, 2.24) is 5.32 Å². The molecule has 1 atom stereocenters. The third-order valence-corrected chi connectivity index (χ3v) is 4.42. The first kappa shape index (κ1) is 16.0. The number of hydrogen-bond acceptors (Lipinski definition) is 2. The van der Waals surface area contributed by atoms with E-state index >= 15 is 0 Å². The van der Waals surface area contributed by atoms with Crippen LogP contribution in [0.15, 0.2) is 28.7 Å². The minimum atomic E-state index is -0.969. The number of carboxylic acids is 1. The number of carbonyl (C=O) groups excluding carboxylic acids is 1. The van der Waals surface area contributed by atoms with Gasteiger partial charge in [-0.2, -0.15) is 0 Å². The summed E-state index contributed by atoms with van der Waals surface area (Å²) in [6, 6.07) is 6.85. The number of aliphatic carboxylic acids is 1. The monoisotopic (exact) mass is 353 g/mol. The Balaban J connectivity index is 2.11. The third kappa shape index (κ3) is 3.64. The summed E-state index contributed by atoms with van der Waals surface area (Å²) in [6.45, 7) is 3.90. The van der Waals surface area contributed by atoms with Crippen molar-refractivity contribution >= 4 is 27.8 Å². The van der Waals surface area contributed by atoms with Gasteiger partial charge < -0.3 is 10.4 Å². The van der Waals surface area contributed by atoms with Crippen molar-refractivity contribution < 1.29 is 14.7 Å². The van der Waals surface area contributed by atoms with Gasteiger partial charge in [-0.1, -0.05) is 41.9 Å². The maximum absolute atomic E-state index is 12.5. The summed E-state index contributed by atoms with van der Waals surface area (Å²) in [7, 11) is 0. The highest BCUT2D eigenvalue weighted by Gasteiger charge is 2.51. The molecule has 1 aliphatic carbocycles. The summed E-state index contributed by atoms with van der Waals surface area (Å²) in [6.07, 6.45) is 1.99. The average Bonchev–Trinajstić information content (AvgIpc) is 3.19. The molecule has 0 aromatic heterocycles. The Morgan fingerprint density at radius 2 is 1.86 bits per heavy atom. The van der Waals surface area contributed by atoms with E-state index in [1.54, 1.807) is 0 Å². The molecule has 0 aliphatic heterocycles. The Labute approximate surface area is 133 Å². The third-order valence-electron chi connectivity index (χ3n) is 3.89. The van der Waals surface area contributed by atoms with E-state index in [1.807, 2.05) is 38.1 Å². The minimum Gasteiger partial charge on any atom is -0.480 e. The molecule has 114 valence electrons. The fourth-order valence-electron chi connectivity index (χ4n) is 2.53. The first-order valence-electron chi connectivity index (χ1n) is 7.15.